The highest BCUT2D eigenvalue weighted by Crippen LogP contribution is 2.26. The Morgan fingerprint density at radius 1 is 0.559 bits per heavy atom. The molecule has 0 fully saturated rings. The summed E-state index contributed by atoms with van der Waals surface area (Å²) in [5.74, 6) is 2.53. The van der Waals surface area contributed by atoms with E-state index in [0.717, 1.165) is 33.8 Å². The second-order valence-electron chi connectivity index (χ2n) is 7.72. The minimum absolute atomic E-state index is 0.468. The van der Waals surface area contributed by atoms with E-state index in [-0.39, 0.29) is 0 Å². The van der Waals surface area contributed by atoms with E-state index in [1.54, 1.807) is 26.4 Å². The Labute approximate surface area is 199 Å². The highest BCUT2D eigenvalue weighted by Gasteiger charge is 2.14. The van der Waals surface area contributed by atoms with Crippen LogP contribution in [0.4, 0.5) is 4.79 Å². The summed E-state index contributed by atoms with van der Waals surface area (Å²) >= 11 is 0. The van der Waals surface area contributed by atoms with Crippen molar-refractivity contribution >= 4 is 6.16 Å². The molecular formula is C29H26O5. The average Bonchev–Trinajstić information content (AvgIpc) is 2.87. The van der Waals surface area contributed by atoms with Gasteiger partial charge >= 0.3 is 6.16 Å². The first-order valence-electron chi connectivity index (χ1n) is 11.0. The molecular weight excluding hydrogens is 428 g/mol. The molecule has 172 valence electrons. The van der Waals surface area contributed by atoms with Crippen LogP contribution in [0.5, 0.6) is 23.0 Å². The summed E-state index contributed by atoms with van der Waals surface area (Å²) in [5, 5.41) is 0. The third-order valence-electron chi connectivity index (χ3n) is 5.44. The Balaban J connectivity index is 1.45. The van der Waals surface area contributed by atoms with E-state index in [1.165, 1.54) is 0 Å². The van der Waals surface area contributed by atoms with Gasteiger partial charge in [-0.1, -0.05) is 60.7 Å². The van der Waals surface area contributed by atoms with Crippen molar-refractivity contribution in [2.75, 3.05) is 14.2 Å². The van der Waals surface area contributed by atoms with Crippen LogP contribution in [0.1, 0.15) is 22.3 Å². The van der Waals surface area contributed by atoms with E-state index < -0.39 is 6.16 Å². The second-order valence-corrected chi connectivity index (χ2v) is 7.72. The Kier molecular flexibility index (Phi) is 7.45. The number of rotatable bonds is 8. The highest BCUT2D eigenvalue weighted by molar-refractivity contribution is 5.68. The zero-order valence-electron chi connectivity index (χ0n) is 19.2. The molecule has 4 aromatic carbocycles. The largest absolute Gasteiger partial charge is 0.519 e. The van der Waals surface area contributed by atoms with Crippen molar-refractivity contribution in [3.8, 4) is 23.0 Å². The fourth-order valence-corrected chi connectivity index (χ4v) is 3.63. The first kappa shape index (κ1) is 22.9. The quantitative estimate of drug-likeness (QED) is 0.226. The van der Waals surface area contributed by atoms with Crippen molar-refractivity contribution in [1.82, 2.24) is 0 Å². The van der Waals surface area contributed by atoms with Crippen LogP contribution in [-0.4, -0.2) is 20.4 Å². The maximum absolute atomic E-state index is 12.7. The summed E-state index contributed by atoms with van der Waals surface area (Å²) in [4.78, 5) is 12.7. The third-order valence-corrected chi connectivity index (χ3v) is 5.44. The van der Waals surface area contributed by atoms with Crippen molar-refractivity contribution in [3.05, 3.63) is 119 Å². The van der Waals surface area contributed by atoms with Gasteiger partial charge in [0.1, 0.15) is 23.0 Å². The van der Waals surface area contributed by atoms with Crippen molar-refractivity contribution in [2.24, 2.45) is 0 Å². The molecule has 5 heteroatoms. The fraction of sp³-hybridized carbons (Fsp3) is 0.138. The van der Waals surface area contributed by atoms with Gasteiger partial charge in [0.2, 0.25) is 0 Å². The molecule has 0 unspecified atom stereocenters. The average molecular weight is 455 g/mol. The summed E-state index contributed by atoms with van der Waals surface area (Å²) in [7, 11) is 3.28. The van der Waals surface area contributed by atoms with Crippen LogP contribution in [0.25, 0.3) is 0 Å². The van der Waals surface area contributed by atoms with E-state index in [0.29, 0.717) is 24.3 Å². The van der Waals surface area contributed by atoms with E-state index in [1.807, 2.05) is 84.9 Å². The number of hydrogen-bond acceptors (Lipinski definition) is 5. The molecule has 0 heterocycles. The number of hydrogen-bond donors (Lipinski definition) is 0. The minimum atomic E-state index is -0.774. The maximum atomic E-state index is 12.7. The number of para-hydroxylation sites is 2. The van der Waals surface area contributed by atoms with Crippen LogP contribution in [0.15, 0.2) is 97.1 Å². The molecule has 0 atom stereocenters. The molecule has 4 aromatic rings. The second kappa shape index (κ2) is 11.1. The normalized spacial score (nSPS) is 10.4. The molecule has 0 aliphatic carbocycles. The van der Waals surface area contributed by atoms with Gasteiger partial charge in [0.25, 0.3) is 0 Å². The predicted octanol–water partition coefficient (Wildman–Crippen LogP) is 6.46. The zero-order valence-corrected chi connectivity index (χ0v) is 19.2. The van der Waals surface area contributed by atoms with Crippen molar-refractivity contribution in [1.29, 1.82) is 0 Å². The maximum Gasteiger partial charge on any atom is 0.519 e. The number of methoxy groups -OCH3 is 2. The predicted molar refractivity (Wildman–Crippen MR) is 131 cm³/mol. The Morgan fingerprint density at radius 3 is 1.32 bits per heavy atom. The molecule has 34 heavy (non-hydrogen) atoms. The summed E-state index contributed by atoms with van der Waals surface area (Å²) in [6.07, 6.45) is 0.451. The molecule has 0 aromatic heterocycles. The Hall–Kier alpha value is -4.25. The molecule has 0 bridgehead atoms. The number of carbonyl (C=O) groups is 1. The van der Waals surface area contributed by atoms with Gasteiger partial charge in [0, 0.05) is 12.8 Å². The smallest absolute Gasteiger partial charge is 0.497 e. The third kappa shape index (κ3) is 5.95. The first-order chi connectivity index (χ1) is 16.6. The van der Waals surface area contributed by atoms with Crippen LogP contribution in [0.3, 0.4) is 0 Å². The number of benzene rings is 4. The van der Waals surface area contributed by atoms with Crippen LogP contribution in [0.2, 0.25) is 0 Å². The molecule has 0 aliphatic rings. The van der Waals surface area contributed by atoms with E-state index in [4.69, 9.17) is 18.9 Å². The van der Waals surface area contributed by atoms with E-state index >= 15 is 0 Å². The number of carbonyl (C=O) groups excluding carboxylic acids is 1. The fourth-order valence-electron chi connectivity index (χ4n) is 3.63. The SMILES string of the molecule is COc1ccc(Cc2ccccc2OC(=O)Oc2ccccc2Cc2ccc(OC)cc2)cc1. The summed E-state index contributed by atoms with van der Waals surface area (Å²) < 4.78 is 21.6. The molecule has 0 N–H and O–H groups in total. The number of ether oxygens (including phenoxy) is 4. The molecule has 0 saturated carbocycles. The lowest BCUT2D eigenvalue weighted by Gasteiger charge is -2.13. The lowest BCUT2D eigenvalue weighted by atomic mass is 10.0. The van der Waals surface area contributed by atoms with Gasteiger partial charge in [-0.3, -0.25) is 0 Å². The monoisotopic (exact) mass is 454 g/mol. The molecule has 0 radical (unpaired) electrons. The standard InChI is InChI=1S/C29H26O5/c1-31-25-15-11-21(12-16-25)19-23-7-3-5-9-27(23)33-29(30)34-28-10-6-4-8-24(28)20-22-13-17-26(32-2)18-14-22/h3-18H,19-20H2,1-2H3. The van der Waals surface area contributed by atoms with Gasteiger partial charge in [-0.25, -0.2) is 4.79 Å². The molecule has 0 amide bonds. The van der Waals surface area contributed by atoms with Crippen molar-refractivity contribution < 1.29 is 23.7 Å². The van der Waals surface area contributed by atoms with Gasteiger partial charge in [0.05, 0.1) is 14.2 Å². The first-order valence-corrected chi connectivity index (χ1v) is 11.0. The molecule has 0 spiro atoms. The van der Waals surface area contributed by atoms with E-state index in [2.05, 4.69) is 0 Å². The van der Waals surface area contributed by atoms with Crippen molar-refractivity contribution in [3.63, 3.8) is 0 Å². The van der Waals surface area contributed by atoms with Gasteiger partial charge in [-0.05, 0) is 58.7 Å². The van der Waals surface area contributed by atoms with Gasteiger partial charge < -0.3 is 18.9 Å². The van der Waals surface area contributed by atoms with E-state index in [9.17, 15) is 4.79 Å². The topological polar surface area (TPSA) is 54.0 Å². The molecule has 4 rings (SSSR count). The molecule has 0 aliphatic heterocycles. The highest BCUT2D eigenvalue weighted by atomic mass is 16.7. The Morgan fingerprint density at radius 2 is 0.941 bits per heavy atom. The van der Waals surface area contributed by atoms with Gasteiger partial charge in [0.15, 0.2) is 0 Å². The summed E-state index contributed by atoms with van der Waals surface area (Å²) in [6.45, 7) is 0. The van der Waals surface area contributed by atoms with Crippen LogP contribution in [0, 0.1) is 0 Å². The molecule has 0 saturated heterocycles. The minimum Gasteiger partial charge on any atom is -0.497 e. The van der Waals surface area contributed by atoms with Crippen LogP contribution >= 0.6 is 0 Å². The lowest BCUT2D eigenvalue weighted by Crippen LogP contribution is -2.15. The lowest BCUT2D eigenvalue weighted by molar-refractivity contribution is 0.151. The summed E-state index contributed by atoms with van der Waals surface area (Å²) in [5.41, 5.74) is 3.93. The zero-order chi connectivity index (χ0) is 23.8. The summed E-state index contributed by atoms with van der Waals surface area (Å²) in [6, 6.07) is 30.5. The van der Waals surface area contributed by atoms with Crippen molar-refractivity contribution in [2.45, 2.75) is 12.8 Å². The molecule has 5 nitrogen and oxygen atoms in total. The van der Waals surface area contributed by atoms with Gasteiger partial charge in [-0.2, -0.15) is 0 Å². The Bertz CT molecular complexity index is 1130. The van der Waals surface area contributed by atoms with Crippen LogP contribution in [-0.2, 0) is 12.8 Å². The van der Waals surface area contributed by atoms with Crippen LogP contribution < -0.4 is 18.9 Å². The van der Waals surface area contributed by atoms with Gasteiger partial charge in [-0.15, -0.1) is 0 Å².